The Hall–Kier alpha value is -3.02. The first-order valence-corrected chi connectivity index (χ1v) is 8.58. The highest BCUT2D eigenvalue weighted by atomic mass is 19.1. The van der Waals surface area contributed by atoms with Gasteiger partial charge in [-0.05, 0) is 49.1 Å². The number of benzene rings is 1. The summed E-state index contributed by atoms with van der Waals surface area (Å²) in [4.78, 5) is 4.45. The van der Waals surface area contributed by atoms with Crippen LogP contribution in [-0.2, 0) is 13.0 Å². The van der Waals surface area contributed by atoms with Gasteiger partial charge in [0, 0.05) is 48.2 Å². The van der Waals surface area contributed by atoms with Gasteiger partial charge in [0.1, 0.15) is 11.5 Å². The third-order valence-corrected chi connectivity index (χ3v) is 4.88. The Labute approximate surface area is 164 Å². The summed E-state index contributed by atoms with van der Waals surface area (Å²) in [6.45, 7) is -3.92. The molecular formula is C21H20FN5. The topological polar surface area (TPSA) is 59.4 Å². The minimum atomic E-state index is -2.73. The number of hydrogen-bond donors (Lipinski definition) is 1. The van der Waals surface area contributed by atoms with E-state index >= 15 is 0 Å². The monoisotopic (exact) mass is 367 g/mol. The third kappa shape index (κ3) is 2.55. The van der Waals surface area contributed by atoms with Crippen molar-refractivity contribution in [1.29, 1.82) is 0 Å². The molecule has 0 fully saturated rings. The van der Waals surface area contributed by atoms with Crippen LogP contribution in [0.1, 0.15) is 33.3 Å². The highest BCUT2D eigenvalue weighted by Crippen LogP contribution is 2.44. The van der Waals surface area contributed by atoms with Crippen LogP contribution in [0.3, 0.4) is 0 Å². The zero-order valence-corrected chi connectivity index (χ0v) is 14.5. The van der Waals surface area contributed by atoms with Gasteiger partial charge in [-0.3, -0.25) is 9.78 Å². The molecule has 1 aliphatic rings. The number of rotatable bonds is 2. The maximum Gasteiger partial charge on any atom is 0.155 e. The van der Waals surface area contributed by atoms with E-state index in [1.54, 1.807) is 18.3 Å². The van der Waals surface area contributed by atoms with Crippen LogP contribution in [0.4, 0.5) is 4.39 Å². The van der Waals surface area contributed by atoms with Gasteiger partial charge >= 0.3 is 0 Å². The van der Waals surface area contributed by atoms with Gasteiger partial charge in [-0.1, -0.05) is 13.7 Å². The standard InChI is InChI=1S/C21H20FN5/c1-12-8-15(16-10-23-25-20(16)24-12)18-17-9-21(2,3)11-27(17)26-19(18)13-4-6-14(22)7-5-13/h4-8,10H,9,11H2,1-3H3,(H,23,24,25)/i2D3,3D3. The van der Waals surface area contributed by atoms with Gasteiger partial charge < -0.3 is 0 Å². The van der Waals surface area contributed by atoms with E-state index in [1.165, 1.54) is 16.8 Å². The van der Waals surface area contributed by atoms with Gasteiger partial charge in [0.15, 0.2) is 5.65 Å². The molecule has 0 radical (unpaired) electrons. The lowest BCUT2D eigenvalue weighted by molar-refractivity contribution is 0.347. The number of nitrogens with zero attached hydrogens (tertiary/aromatic N) is 4. The van der Waals surface area contributed by atoms with Crippen molar-refractivity contribution in [3.63, 3.8) is 0 Å². The summed E-state index contributed by atoms with van der Waals surface area (Å²) in [6.07, 6.45) is 1.41. The molecule has 27 heavy (non-hydrogen) atoms. The van der Waals surface area contributed by atoms with E-state index in [4.69, 9.17) is 8.22 Å². The van der Waals surface area contributed by atoms with E-state index < -0.39 is 24.9 Å². The van der Waals surface area contributed by atoms with Gasteiger partial charge in [0.25, 0.3) is 0 Å². The van der Waals surface area contributed by atoms with E-state index in [0.29, 0.717) is 44.8 Å². The van der Waals surface area contributed by atoms with Crippen LogP contribution in [0, 0.1) is 18.2 Å². The van der Waals surface area contributed by atoms with Gasteiger partial charge in [-0.2, -0.15) is 10.2 Å². The molecule has 0 unspecified atom stereocenters. The lowest BCUT2D eigenvalue weighted by Gasteiger charge is -2.16. The first-order chi connectivity index (χ1) is 15.4. The molecule has 4 aromatic rings. The average Bonchev–Trinajstić information content (AvgIpc) is 3.39. The number of H-pyrrole nitrogens is 1. The summed E-state index contributed by atoms with van der Waals surface area (Å²) < 4.78 is 63.5. The number of aromatic amines is 1. The van der Waals surface area contributed by atoms with E-state index in [9.17, 15) is 4.39 Å². The van der Waals surface area contributed by atoms with Crippen molar-refractivity contribution in [2.45, 2.75) is 33.6 Å². The van der Waals surface area contributed by atoms with Crippen molar-refractivity contribution in [3.8, 4) is 22.4 Å². The molecule has 0 spiro atoms. The van der Waals surface area contributed by atoms with E-state index in [-0.39, 0.29) is 13.0 Å². The first kappa shape index (κ1) is 11.0. The summed E-state index contributed by atoms with van der Waals surface area (Å²) in [5.74, 6) is -0.396. The van der Waals surface area contributed by atoms with Gasteiger partial charge in [0.05, 0.1) is 6.20 Å². The quantitative estimate of drug-likeness (QED) is 0.567. The number of nitrogens with one attached hydrogen (secondary N) is 1. The molecule has 3 aromatic heterocycles. The zero-order valence-electron chi connectivity index (χ0n) is 20.5. The lowest BCUT2D eigenvalue weighted by Crippen LogP contribution is -2.13. The molecule has 1 aromatic carbocycles. The minimum Gasteiger partial charge on any atom is -0.268 e. The second-order valence-corrected chi connectivity index (χ2v) is 7.04. The molecular weight excluding hydrogens is 341 g/mol. The minimum absolute atomic E-state index is 0.204. The van der Waals surface area contributed by atoms with E-state index in [1.807, 2.05) is 13.0 Å². The number of fused-ring (bicyclic) bond motifs is 2. The maximum absolute atomic E-state index is 13.6. The van der Waals surface area contributed by atoms with Crippen LogP contribution in [0.5, 0.6) is 0 Å². The Morgan fingerprint density at radius 1 is 1.26 bits per heavy atom. The van der Waals surface area contributed by atoms with E-state index in [2.05, 4.69) is 20.3 Å². The summed E-state index contributed by atoms with van der Waals surface area (Å²) in [7, 11) is 0. The van der Waals surface area contributed by atoms with Crippen molar-refractivity contribution in [1.82, 2.24) is 25.0 Å². The largest absolute Gasteiger partial charge is 0.268 e. The van der Waals surface area contributed by atoms with Gasteiger partial charge in [-0.25, -0.2) is 9.37 Å². The molecule has 0 bridgehead atoms. The highest BCUT2D eigenvalue weighted by molar-refractivity contribution is 5.97. The van der Waals surface area contributed by atoms with Gasteiger partial charge in [0.2, 0.25) is 0 Å². The van der Waals surface area contributed by atoms with Crippen molar-refractivity contribution >= 4 is 11.0 Å². The molecule has 4 heterocycles. The number of aromatic nitrogens is 5. The molecule has 1 N–H and O–H groups in total. The van der Waals surface area contributed by atoms with E-state index in [0.717, 1.165) is 0 Å². The van der Waals surface area contributed by atoms with Crippen LogP contribution >= 0.6 is 0 Å². The number of hydrogen-bond acceptors (Lipinski definition) is 3. The molecule has 0 amide bonds. The van der Waals surface area contributed by atoms with Crippen LogP contribution in [0.2, 0.25) is 0 Å². The lowest BCUT2D eigenvalue weighted by atomic mass is 9.88. The summed E-state index contributed by atoms with van der Waals surface area (Å²) >= 11 is 0. The second kappa shape index (κ2) is 5.49. The molecule has 5 rings (SSSR count). The molecule has 5 nitrogen and oxygen atoms in total. The average molecular weight is 367 g/mol. The Morgan fingerprint density at radius 2 is 2.07 bits per heavy atom. The van der Waals surface area contributed by atoms with Crippen molar-refractivity contribution < 1.29 is 12.6 Å². The fraction of sp³-hybridized carbons (Fsp3) is 0.286. The molecule has 0 atom stereocenters. The maximum atomic E-state index is 13.6. The summed E-state index contributed by atoms with van der Waals surface area (Å²) in [5, 5.41) is 12.3. The van der Waals surface area contributed by atoms with Crippen LogP contribution in [-0.4, -0.2) is 25.0 Å². The van der Waals surface area contributed by atoms with Crippen molar-refractivity contribution in [2.24, 2.45) is 5.41 Å². The van der Waals surface area contributed by atoms with Crippen molar-refractivity contribution in [3.05, 3.63) is 53.7 Å². The highest BCUT2D eigenvalue weighted by Gasteiger charge is 2.34. The van der Waals surface area contributed by atoms with Crippen LogP contribution < -0.4 is 0 Å². The van der Waals surface area contributed by atoms with Crippen LogP contribution in [0.15, 0.2) is 36.5 Å². The second-order valence-electron chi connectivity index (χ2n) is 7.04. The predicted octanol–water partition coefficient (Wildman–Crippen LogP) is 4.52. The third-order valence-electron chi connectivity index (χ3n) is 4.88. The molecule has 0 saturated heterocycles. The Bertz CT molecular complexity index is 1350. The summed E-state index contributed by atoms with van der Waals surface area (Å²) in [6, 6.07) is 7.68. The number of halogens is 1. The molecule has 0 saturated carbocycles. The van der Waals surface area contributed by atoms with Crippen molar-refractivity contribution in [2.75, 3.05) is 0 Å². The van der Waals surface area contributed by atoms with Gasteiger partial charge in [-0.15, -0.1) is 0 Å². The zero-order chi connectivity index (χ0) is 23.8. The Morgan fingerprint density at radius 3 is 2.85 bits per heavy atom. The smallest absolute Gasteiger partial charge is 0.155 e. The number of aryl methyl sites for hydroxylation is 1. The number of pyridine rings is 1. The first-order valence-electron chi connectivity index (χ1n) is 11.6. The molecule has 1 aliphatic heterocycles. The fourth-order valence-corrected chi connectivity index (χ4v) is 3.76. The normalized spacial score (nSPS) is 19.6. The Kier molecular flexibility index (Phi) is 2.23. The Balaban J connectivity index is 1.80. The molecule has 0 aliphatic carbocycles. The SMILES string of the molecule is [2H]C([2H])([2H])C1(C([2H])([2H])[2H])Cc2c(-c3cc(C)nc4[nH]ncc34)c(-c3ccc(F)cc3)nn2C1. The predicted molar refractivity (Wildman–Crippen MR) is 103 cm³/mol. The van der Waals surface area contributed by atoms with Crippen LogP contribution in [0.25, 0.3) is 33.4 Å². The summed E-state index contributed by atoms with van der Waals surface area (Å²) in [5.41, 5.74) is 2.25. The molecule has 136 valence electrons. The fourth-order valence-electron chi connectivity index (χ4n) is 3.76. The molecule has 6 heteroatoms.